The number of rotatable bonds is 1. The Morgan fingerprint density at radius 2 is 2.25 bits per heavy atom. The molecule has 1 aliphatic rings. The van der Waals surface area contributed by atoms with Gasteiger partial charge in [-0.1, -0.05) is 6.92 Å². The molecule has 4 heteroatoms. The standard InChI is InChI=1S/C12H16FNOS/c1-7-3-12(14)9-4-8(15-2)5-11(13)10(9)6-16-7/h4-5,7,12H,3,6,14H2,1-2H3/t7?,12-/m0/s1. The van der Waals surface area contributed by atoms with Gasteiger partial charge in [0.25, 0.3) is 0 Å². The Bertz CT molecular complexity index is 397. The van der Waals surface area contributed by atoms with Gasteiger partial charge in [-0.3, -0.25) is 0 Å². The number of fused-ring (bicyclic) bond motifs is 1. The third kappa shape index (κ3) is 2.18. The van der Waals surface area contributed by atoms with Gasteiger partial charge in [-0.15, -0.1) is 0 Å². The quantitative estimate of drug-likeness (QED) is 0.821. The molecule has 1 heterocycles. The Labute approximate surface area is 99.4 Å². The van der Waals surface area contributed by atoms with E-state index in [0.717, 1.165) is 17.5 Å². The first-order valence-electron chi connectivity index (χ1n) is 5.35. The fourth-order valence-electron chi connectivity index (χ4n) is 2.01. The summed E-state index contributed by atoms with van der Waals surface area (Å²) in [6.07, 6.45) is 0.879. The van der Waals surface area contributed by atoms with Crippen molar-refractivity contribution in [3.05, 3.63) is 29.1 Å². The molecule has 0 saturated heterocycles. The monoisotopic (exact) mass is 241 g/mol. The van der Waals surface area contributed by atoms with Crippen LogP contribution in [-0.4, -0.2) is 12.4 Å². The highest BCUT2D eigenvalue weighted by molar-refractivity contribution is 7.99. The second-order valence-corrected chi connectivity index (χ2v) is 5.57. The molecule has 2 atom stereocenters. The molecule has 0 aliphatic carbocycles. The molecule has 0 spiro atoms. The number of ether oxygens (including phenoxy) is 1. The van der Waals surface area contributed by atoms with Crippen LogP contribution < -0.4 is 10.5 Å². The second-order valence-electron chi connectivity index (χ2n) is 4.14. The average molecular weight is 241 g/mol. The summed E-state index contributed by atoms with van der Waals surface area (Å²) in [7, 11) is 1.54. The molecule has 1 aromatic carbocycles. The maximum Gasteiger partial charge on any atom is 0.131 e. The fourth-order valence-corrected chi connectivity index (χ4v) is 3.11. The predicted octanol–water partition coefficient (Wildman–Crippen LogP) is 2.86. The van der Waals surface area contributed by atoms with Gasteiger partial charge in [0, 0.05) is 28.7 Å². The first-order chi connectivity index (χ1) is 7.61. The number of thioether (sulfide) groups is 1. The molecule has 88 valence electrons. The molecular weight excluding hydrogens is 225 g/mol. The van der Waals surface area contributed by atoms with E-state index in [1.165, 1.54) is 6.07 Å². The minimum absolute atomic E-state index is 0.0930. The van der Waals surface area contributed by atoms with Crippen molar-refractivity contribution in [1.29, 1.82) is 0 Å². The van der Waals surface area contributed by atoms with Gasteiger partial charge in [0.05, 0.1) is 7.11 Å². The van der Waals surface area contributed by atoms with Crippen molar-refractivity contribution in [1.82, 2.24) is 0 Å². The maximum atomic E-state index is 13.9. The molecule has 0 bridgehead atoms. The summed E-state index contributed by atoms with van der Waals surface area (Å²) in [4.78, 5) is 0. The molecule has 0 amide bonds. The molecule has 16 heavy (non-hydrogen) atoms. The van der Waals surface area contributed by atoms with Crippen molar-refractivity contribution < 1.29 is 9.13 Å². The maximum absolute atomic E-state index is 13.9. The van der Waals surface area contributed by atoms with Crippen LogP contribution in [-0.2, 0) is 5.75 Å². The van der Waals surface area contributed by atoms with Crippen molar-refractivity contribution in [2.24, 2.45) is 5.73 Å². The van der Waals surface area contributed by atoms with E-state index >= 15 is 0 Å². The van der Waals surface area contributed by atoms with E-state index in [-0.39, 0.29) is 11.9 Å². The van der Waals surface area contributed by atoms with Crippen molar-refractivity contribution in [2.75, 3.05) is 7.11 Å². The van der Waals surface area contributed by atoms with Gasteiger partial charge >= 0.3 is 0 Å². The zero-order valence-electron chi connectivity index (χ0n) is 9.50. The summed E-state index contributed by atoms with van der Waals surface area (Å²) in [5.74, 6) is 1.04. The Kier molecular flexibility index (Phi) is 3.40. The number of halogens is 1. The largest absolute Gasteiger partial charge is 0.497 e. The van der Waals surface area contributed by atoms with E-state index in [1.54, 1.807) is 18.9 Å². The van der Waals surface area contributed by atoms with E-state index in [2.05, 4.69) is 6.92 Å². The van der Waals surface area contributed by atoms with Crippen LogP contribution >= 0.6 is 11.8 Å². The van der Waals surface area contributed by atoms with E-state index in [9.17, 15) is 4.39 Å². The molecule has 2 nitrogen and oxygen atoms in total. The zero-order chi connectivity index (χ0) is 11.7. The zero-order valence-corrected chi connectivity index (χ0v) is 10.3. The lowest BCUT2D eigenvalue weighted by Gasteiger charge is -2.15. The molecule has 1 aliphatic heterocycles. The molecule has 0 radical (unpaired) electrons. The van der Waals surface area contributed by atoms with Crippen LogP contribution in [0.3, 0.4) is 0 Å². The molecule has 0 aromatic heterocycles. The summed E-state index contributed by atoms with van der Waals surface area (Å²) >= 11 is 1.75. The number of benzene rings is 1. The van der Waals surface area contributed by atoms with Crippen molar-refractivity contribution in [2.45, 2.75) is 30.4 Å². The Balaban J connectivity index is 2.47. The lowest BCUT2D eigenvalue weighted by molar-refractivity contribution is 0.409. The number of nitrogens with two attached hydrogens (primary N) is 1. The van der Waals surface area contributed by atoms with E-state index < -0.39 is 0 Å². The van der Waals surface area contributed by atoms with Gasteiger partial charge in [0.15, 0.2) is 0 Å². The van der Waals surface area contributed by atoms with E-state index in [4.69, 9.17) is 10.5 Å². The predicted molar refractivity (Wildman–Crippen MR) is 65.3 cm³/mol. The van der Waals surface area contributed by atoms with Crippen molar-refractivity contribution >= 4 is 11.8 Å². The molecule has 0 fully saturated rings. The first kappa shape index (κ1) is 11.7. The Morgan fingerprint density at radius 1 is 1.50 bits per heavy atom. The van der Waals surface area contributed by atoms with Crippen LogP contribution in [0.15, 0.2) is 12.1 Å². The van der Waals surface area contributed by atoms with Gasteiger partial charge in [-0.25, -0.2) is 4.39 Å². The second kappa shape index (κ2) is 4.63. The molecule has 1 unspecified atom stereocenters. The van der Waals surface area contributed by atoms with Gasteiger partial charge in [0.2, 0.25) is 0 Å². The highest BCUT2D eigenvalue weighted by Gasteiger charge is 2.23. The van der Waals surface area contributed by atoms with Gasteiger partial charge in [0.1, 0.15) is 11.6 Å². The molecule has 0 saturated carbocycles. The Morgan fingerprint density at radius 3 is 2.94 bits per heavy atom. The van der Waals surface area contributed by atoms with Crippen LogP contribution in [0.25, 0.3) is 0 Å². The van der Waals surface area contributed by atoms with Crippen LogP contribution in [0.4, 0.5) is 4.39 Å². The lowest BCUT2D eigenvalue weighted by atomic mass is 9.98. The fraction of sp³-hybridized carbons (Fsp3) is 0.500. The summed E-state index contributed by atoms with van der Waals surface area (Å²) in [5.41, 5.74) is 7.73. The average Bonchev–Trinajstić information content (AvgIpc) is 2.39. The molecule has 1 aromatic rings. The minimum atomic E-state index is -0.202. The third-order valence-electron chi connectivity index (χ3n) is 2.94. The molecule has 2 N–H and O–H groups in total. The summed E-state index contributed by atoms with van der Waals surface area (Å²) in [6, 6.07) is 3.20. The summed E-state index contributed by atoms with van der Waals surface area (Å²) in [6.45, 7) is 2.13. The Hall–Kier alpha value is -0.740. The smallest absolute Gasteiger partial charge is 0.131 e. The van der Waals surface area contributed by atoms with Crippen LogP contribution in [0, 0.1) is 5.82 Å². The third-order valence-corrected chi connectivity index (χ3v) is 4.15. The number of methoxy groups -OCH3 is 1. The van der Waals surface area contributed by atoms with Crippen molar-refractivity contribution in [3.8, 4) is 5.75 Å². The summed E-state index contributed by atoms with van der Waals surface area (Å²) < 4.78 is 18.9. The van der Waals surface area contributed by atoms with E-state index in [0.29, 0.717) is 16.8 Å². The molecule has 2 rings (SSSR count). The number of hydrogen-bond donors (Lipinski definition) is 1. The van der Waals surface area contributed by atoms with Crippen LogP contribution in [0.2, 0.25) is 0 Å². The van der Waals surface area contributed by atoms with Crippen LogP contribution in [0.5, 0.6) is 5.75 Å². The van der Waals surface area contributed by atoms with Crippen LogP contribution in [0.1, 0.15) is 30.5 Å². The van der Waals surface area contributed by atoms with E-state index in [1.807, 2.05) is 6.07 Å². The van der Waals surface area contributed by atoms with Gasteiger partial charge < -0.3 is 10.5 Å². The SMILES string of the molecule is COc1cc(F)c2c(c1)[C@@H](N)CC(C)SC2. The van der Waals surface area contributed by atoms with Gasteiger partial charge in [-0.05, 0) is 18.1 Å². The first-order valence-corrected chi connectivity index (χ1v) is 6.40. The minimum Gasteiger partial charge on any atom is -0.497 e. The highest BCUT2D eigenvalue weighted by Crippen LogP contribution is 2.36. The lowest BCUT2D eigenvalue weighted by Crippen LogP contribution is -2.14. The topological polar surface area (TPSA) is 35.2 Å². The van der Waals surface area contributed by atoms with Gasteiger partial charge in [-0.2, -0.15) is 11.8 Å². The highest BCUT2D eigenvalue weighted by atomic mass is 32.2. The summed E-state index contributed by atoms with van der Waals surface area (Å²) in [5, 5.41) is 0.466. The number of hydrogen-bond acceptors (Lipinski definition) is 3. The van der Waals surface area contributed by atoms with Crippen molar-refractivity contribution in [3.63, 3.8) is 0 Å². The normalized spacial score (nSPS) is 24.8. The molecular formula is C12H16FNOS.